The van der Waals surface area contributed by atoms with Gasteiger partial charge in [-0.3, -0.25) is 0 Å². The molecule has 1 aromatic carbocycles. The third-order valence-corrected chi connectivity index (χ3v) is 4.11. The van der Waals surface area contributed by atoms with Gasteiger partial charge in [-0.15, -0.1) is 0 Å². The highest BCUT2D eigenvalue weighted by atomic mass is 16.5. The van der Waals surface area contributed by atoms with E-state index in [9.17, 15) is 5.11 Å². The fourth-order valence-corrected chi connectivity index (χ4v) is 2.76. The number of benzene rings is 1. The van der Waals surface area contributed by atoms with Crippen LogP contribution in [0.3, 0.4) is 0 Å². The molecule has 2 N–H and O–H groups in total. The number of rotatable bonds is 8. The first-order valence-electron chi connectivity index (χ1n) is 8.88. The first-order chi connectivity index (χ1) is 12.7. The molecule has 0 saturated heterocycles. The summed E-state index contributed by atoms with van der Waals surface area (Å²) in [6, 6.07) is 11.9. The Hall–Kier alpha value is -2.73. The van der Waals surface area contributed by atoms with Crippen LogP contribution >= 0.6 is 0 Å². The van der Waals surface area contributed by atoms with Crippen molar-refractivity contribution in [3.8, 4) is 5.75 Å². The molecule has 0 saturated carbocycles. The van der Waals surface area contributed by atoms with Gasteiger partial charge in [0.05, 0.1) is 30.1 Å². The Labute approximate surface area is 153 Å². The van der Waals surface area contributed by atoms with Gasteiger partial charge < -0.3 is 15.2 Å². The topological polar surface area (TPSA) is 80.2 Å². The Morgan fingerprint density at radius 3 is 2.81 bits per heavy atom. The molecule has 136 valence electrons. The molecule has 0 unspecified atom stereocenters. The molecule has 3 rings (SSSR count). The fraction of sp³-hybridized carbons (Fsp3) is 0.350. The average Bonchev–Trinajstić information content (AvgIpc) is 2.67. The lowest BCUT2D eigenvalue weighted by Crippen LogP contribution is -2.24. The fourth-order valence-electron chi connectivity index (χ4n) is 2.76. The van der Waals surface area contributed by atoms with Crippen molar-refractivity contribution in [2.45, 2.75) is 39.3 Å². The van der Waals surface area contributed by atoms with Crippen molar-refractivity contribution >= 4 is 16.7 Å². The predicted octanol–water partition coefficient (Wildman–Crippen LogP) is 3.49. The van der Waals surface area contributed by atoms with E-state index >= 15 is 0 Å². The van der Waals surface area contributed by atoms with E-state index in [0.717, 1.165) is 29.4 Å². The molecular weight excluding hydrogens is 328 g/mol. The van der Waals surface area contributed by atoms with Crippen LogP contribution in [0.1, 0.15) is 31.3 Å². The van der Waals surface area contributed by atoms with Gasteiger partial charge >= 0.3 is 0 Å². The first kappa shape index (κ1) is 18.1. The normalized spacial score (nSPS) is 12.1. The van der Waals surface area contributed by atoms with Gasteiger partial charge in [0.1, 0.15) is 12.4 Å². The van der Waals surface area contributed by atoms with Gasteiger partial charge in [-0.05, 0) is 25.5 Å². The van der Waals surface area contributed by atoms with Crippen LogP contribution in [0, 0.1) is 6.92 Å². The largest absolute Gasteiger partial charge is 0.482 e. The van der Waals surface area contributed by atoms with Crippen LogP contribution in [-0.4, -0.2) is 32.7 Å². The SMILES string of the molecule is CCC[C@@H](CO)Nc1nc(C)ncc1OCc1ccc2ccccc2n1. The van der Waals surface area contributed by atoms with Crippen LogP contribution < -0.4 is 10.1 Å². The number of pyridine rings is 1. The van der Waals surface area contributed by atoms with Crippen molar-refractivity contribution in [3.63, 3.8) is 0 Å². The maximum Gasteiger partial charge on any atom is 0.180 e. The smallest absolute Gasteiger partial charge is 0.180 e. The summed E-state index contributed by atoms with van der Waals surface area (Å²) in [4.78, 5) is 13.3. The van der Waals surface area contributed by atoms with Gasteiger partial charge in [-0.25, -0.2) is 15.0 Å². The number of aliphatic hydroxyl groups is 1. The first-order valence-corrected chi connectivity index (χ1v) is 8.88. The molecule has 6 heteroatoms. The molecule has 0 aliphatic rings. The summed E-state index contributed by atoms with van der Waals surface area (Å²) in [6.45, 7) is 4.28. The molecule has 0 amide bonds. The number of ether oxygens (including phenoxy) is 1. The standard InChI is InChI=1S/C20H24N4O2/c1-3-6-16(12-25)24-20-19(11-21-14(2)22-20)26-13-17-10-9-15-7-4-5-8-18(15)23-17/h4-5,7-11,16,25H,3,6,12-13H2,1-2H3,(H,21,22,24)/t16-/m0/s1. The molecule has 26 heavy (non-hydrogen) atoms. The zero-order valence-corrected chi connectivity index (χ0v) is 15.1. The van der Waals surface area contributed by atoms with E-state index in [1.54, 1.807) is 6.20 Å². The minimum atomic E-state index is -0.0598. The molecule has 0 fully saturated rings. The Balaban J connectivity index is 1.75. The van der Waals surface area contributed by atoms with Crippen molar-refractivity contribution < 1.29 is 9.84 Å². The molecule has 0 radical (unpaired) electrons. The highest BCUT2D eigenvalue weighted by molar-refractivity contribution is 5.78. The van der Waals surface area contributed by atoms with E-state index < -0.39 is 0 Å². The van der Waals surface area contributed by atoms with Crippen molar-refractivity contribution in [1.82, 2.24) is 15.0 Å². The third kappa shape index (κ3) is 4.46. The number of anilines is 1. The summed E-state index contributed by atoms with van der Waals surface area (Å²) in [7, 11) is 0. The van der Waals surface area contributed by atoms with E-state index in [-0.39, 0.29) is 12.6 Å². The summed E-state index contributed by atoms with van der Waals surface area (Å²) in [6.07, 6.45) is 3.48. The second-order valence-electron chi connectivity index (χ2n) is 6.23. The monoisotopic (exact) mass is 352 g/mol. The predicted molar refractivity (Wildman–Crippen MR) is 102 cm³/mol. The van der Waals surface area contributed by atoms with Gasteiger partial charge in [0, 0.05) is 5.39 Å². The number of hydrogen-bond donors (Lipinski definition) is 2. The zero-order chi connectivity index (χ0) is 18.4. The van der Waals surface area contributed by atoms with Crippen LogP contribution in [0.5, 0.6) is 5.75 Å². The van der Waals surface area contributed by atoms with Crippen LogP contribution in [0.25, 0.3) is 10.9 Å². The molecular formula is C20H24N4O2. The number of hydrogen-bond acceptors (Lipinski definition) is 6. The molecule has 0 spiro atoms. The summed E-state index contributed by atoms with van der Waals surface area (Å²) >= 11 is 0. The number of aliphatic hydroxyl groups excluding tert-OH is 1. The van der Waals surface area contributed by atoms with Crippen molar-refractivity contribution in [3.05, 3.63) is 54.1 Å². The zero-order valence-electron chi connectivity index (χ0n) is 15.1. The minimum absolute atomic E-state index is 0.0442. The Bertz CT molecular complexity index is 869. The summed E-state index contributed by atoms with van der Waals surface area (Å²) in [5.74, 6) is 1.81. The molecule has 0 aliphatic carbocycles. The number of fused-ring (bicyclic) bond motifs is 1. The van der Waals surface area contributed by atoms with Crippen molar-refractivity contribution in [2.75, 3.05) is 11.9 Å². The second-order valence-corrected chi connectivity index (χ2v) is 6.23. The van der Waals surface area contributed by atoms with Crippen molar-refractivity contribution in [1.29, 1.82) is 0 Å². The summed E-state index contributed by atoms with van der Waals surface area (Å²) < 4.78 is 5.92. The molecule has 0 bridgehead atoms. The number of para-hydroxylation sites is 1. The van der Waals surface area contributed by atoms with Gasteiger partial charge in [0.2, 0.25) is 0 Å². The molecule has 6 nitrogen and oxygen atoms in total. The van der Waals surface area contributed by atoms with Crippen LogP contribution in [-0.2, 0) is 6.61 Å². The number of nitrogens with zero attached hydrogens (tertiary/aromatic N) is 3. The van der Waals surface area contributed by atoms with Crippen LogP contribution in [0.15, 0.2) is 42.6 Å². The highest BCUT2D eigenvalue weighted by Crippen LogP contribution is 2.23. The van der Waals surface area contributed by atoms with Gasteiger partial charge in [0.15, 0.2) is 11.6 Å². The molecule has 2 aromatic heterocycles. The molecule has 2 heterocycles. The Morgan fingerprint density at radius 1 is 1.15 bits per heavy atom. The average molecular weight is 352 g/mol. The van der Waals surface area contributed by atoms with Crippen LogP contribution in [0.2, 0.25) is 0 Å². The van der Waals surface area contributed by atoms with E-state index in [2.05, 4.69) is 27.2 Å². The van der Waals surface area contributed by atoms with E-state index in [0.29, 0.717) is 24.0 Å². The van der Waals surface area contributed by atoms with Gasteiger partial charge in [-0.1, -0.05) is 37.6 Å². The van der Waals surface area contributed by atoms with Gasteiger partial charge in [0.25, 0.3) is 0 Å². The van der Waals surface area contributed by atoms with Crippen molar-refractivity contribution in [2.24, 2.45) is 0 Å². The summed E-state index contributed by atoms with van der Waals surface area (Å²) in [5, 5.41) is 13.9. The quantitative estimate of drug-likeness (QED) is 0.646. The van der Waals surface area contributed by atoms with Gasteiger partial charge in [-0.2, -0.15) is 0 Å². The Kier molecular flexibility index (Phi) is 5.96. The molecule has 0 aliphatic heterocycles. The Morgan fingerprint density at radius 2 is 2.00 bits per heavy atom. The minimum Gasteiger partial charge on any atom is -0.482 e. The summed E-state index contributed by atoms with van der Waals surface area (Å²) in [5.41, 5.74) is 1.78. The number of nitrogens with one attached hydrogen (secondary N) is 1. The van der Waals surface area contributed by atoms with E-state index in [1.807, 2.05) is 43.3 Å². The highest BCUT2D eigenvalue weighted by Gasteiger charge is 2.13. The van der Waals surface area contributed by atoms with E-state index in [1.165, 1.54) is 0 Å². The lowest BCUT2D eigenvalue weighted by atomic mass is 10.2. The number of aromatic nitrogens is 3. The lowest BCUT2D eigenvalue weighted by molar-refractivity contribution is 0.266. The third-order valence-electron chi connectivity index (χ3n) is 4.11. The molecule has 1 atom stereocenters. The molecule has 3 aromatic rings. The maximum atomic E-state index is 9.53. The second kappa shape index (κ2) is 8.58. The van der Waals surface area contributed by atoms with E-state index in [4.69, 9.17) is 4.74 Å². The lowest BCUT2D eigenvalue weighted by Gasteiger charge is -2.18. The van der Waals surface area contributed by atoms with Crippen LogP contribution in [0.4, 0.5) is 5.82 Å². The number of aryl methyl sites for hydroxylation is 1. The maximum absolute atomic E-state index is 9.53.